The molecule has 1 aliphatic carbocycles. The summed E-state index contributed by atoms with van der Waals surface area (Å²) in [6.45, 7) is 9.75. The number of nitrogens with zero attached hydrogens (tertiary/aromatic N) is 3. The highest BCUT2D eigenvalue weighted by atomic mass is 16.3. The normalized spacial score (nSPS) is 24.8. The summed E-state index contributed by atoms with van der Waals surface area (Å²) < 4.78 is 2.37. The van der Waals surface area contributed by atoms with Gasteiger partial charge in [0.05, 0.1) is 16.6 Å². The van der Waals surface area contributed by atoms with E-state index in [0.29, 0.717) is 24.1 Å². The van der Waals surface area contributed by atoms with E-state index in [4.69, 9.17) is 4.98 Å². The van der Waals surface area contributed by atoms with Crippen molar-refractivity contribution in [1.29, 1.82) is 0 Å². The van der Waals surface area contributed by atoms with Gasteiger partial charge in [-0.05, 0) is 57.2 Å². The molecule has 6 heteroatoms. The van der Waals surface area contributed by atoms with E-state index in [1.165, 1.54) is 6.42 Å². The second-order valence-corrected chi connectivity index (χ2v) is 9.45. The first kappa shape index (κ1) is 21.3. The predicted octanol–water partition coefficient (Wildman–Crippen LogP) is 3.67. The van der Waals surface area contributed by atoms with Gasteiger partial charge < -0.3 is 19.9 Å². The fourth-order valence-corrected chi connectivity index (χ4v) is 5.57. The maximum Gasteiger partial charge on any atom is 0.251 e. The second kappa shape index (κ2) is 8.67. The molecule has 4 rings (SSSR count). The molecule has 1 amide bonds. The SMILES string of the molecule is CCNC(=O)c1ccc2c(c1)nc(C)n2[C@H]1CCN(CC2(O)CCCCC2)C[C@@H]1C. The summed E-state index contributed by atoms with van der Waals surface area (Å²) in [6.07, 6.45) is 6.51. The summed E-state index contributed by atoms with van der Waals surface area (Å²) >= 11 is 0. The first-order valence-corrected chi connectivity index (χ1v) is 11.6. The Balaban J connectivity index is 1.50. The van der Waals surface area contributed by atoms with Crippen LogP contribution in [0.3, 0.4) is 0 Å². The highest BCUT2D eigenvalue weighted by molar-refractivity contribution is 5.97. The van der Waals surface area contributed by atoms with Gasteiger partial charge in [0.2, 0.25) is 0 Å². The molecular weight excluding hydrogens is 376 g/mol. The molecule has 1 saturated heterocycles. The van der Waals surface area contributed by atoms with Crippen molar-refractivity contribution >= 4 is 16.9 Å². The van der Waals surface area contributed by atoms with Crippen LogP contribution in [0.25, 0.3) is 11.0 Å². The molecule has 1 aromatic carbocycles. The molecule has 2 aromatic rings. The number of fused-ring (bicyclic) bond motifs is 1. The van der Waals surface area contributed by atoms with Crippen LogP contribution >= 0.6 is 0 Å². The molecule has 164 valence electrons. The number of nitrogens with one attached hydrogen (secondary N) is 1. The average Bonchev–Trinajstić information content (AvgIpc) is 3.03. The Morgan fingerprint density at radius 2 is 2.07 bits per heavy atom. The van der Waals surface area contributed by atoms with Crippen LogP contribution in [0.4, 0.5) is 0 Å². The maximum absolute atomic E-state index is 12.2. The summed E-state index contributed by atoms with van der Waals surface area (Å²) in [5, 5.41) is 13.8. The van der Waals surface area contributed by atoms with E-state index < -0.39 is 5.60 Å². The van der Waals surface area contributed by atoms with Crippen molar-refractivity contribution in [3.63, 3.8) is 0 Å². The van der Waals surface area contributed by atoms with Crippen LogP contribution < -0.4 is 5.32 Å². The number of piperidine rings is 1. The maximum atomic E-state index is 12.2. The molecule has 1 saturated carbocycles. The number of amides is 1. The van der Waals surface area contributed by atoms with E-state index in [-0.39, 0.29) is 5.91 Å². The number of rotatable bonds is 5. The Bertz CT molecular complexity index is 900. The first-order chi connectivity index (χ1) is 14.4. The molecule has 0 radical (unpaired) electrons. The van der Waals surface area contributed by atoms with Crippen LogP contribution in [-0.4, -0.2) is 57.2 Å². The molecule has 2 N–H and O–H groups in total. The van der Waals surface area contributed by atoms with E-state index in [0.717, 1.165) is 68.6 Å². The van der Waals surface area contributed by atoms with Crippen molar-refractivity contribution in [2.75, 3.05) is 26.2 Å². The summed E-state index contributed by atoms with van der Waals surface area (Å²) in [6, 6.07) is 6.25. The van der Waals surface area contributed by atoms with Gasteiger partial charge >= 0.3 is 0 Å². The molecule has 2 atom stereocenters. The molecule has 2 aliphatic rings. The number of aryl methyl sites for hydroxylation is 1. The lowest BCUT2D eigenvalue weighted by molar-refractivity contribution is -0.0377. The zero-order valence-corrected chi connectivity index (χ0v) is 18.7. The highest BCUT2D eigenvalue weighted by Gasteiger charge is 2.35. The Kier molecular flexibility index (Phi) is 6.16. The third-order valence-corrected chi connectivity index (χ3v) is 7.04. The van der Waals surface area contributed by atoms with Crippen molar-refractivity contribution in [2.24, 2.45) is 5.92 Å². The van der Waals surface area contributed by atoms with Gasteiger partial charge in [-0.15, -0.1) is 0 Å². The van der Waals surface area contributed by atoms with Gasteiger partial charge in [0, 0.05) is 37.8 Å². The van der Waals surface area contributed by atoms with Gasteiger partial charge in [-0.2, -0.15) is 0 Å². The number of hydrogen-bond donors (Lipinski definition) is 2. The highest BCUT2D eigenvalue weighted by Crippen LogP contribution is 2.35. The molecule has 2 heterocycles. The van der Waals surface area contributed by atoms with E-state index in [2.05, 4.69) is 28.6 Å². The average molecular weight is 413 g/mol. The molecule has 0 spiro atoms. The van der Waals surface area contributed by atoms with Crippen LogP contribution in [0, 0.1) is 12.8 Å². The van der Waals surface area contributed by atoms with Crippen molar-refractivity contribution in [1.82, 2.24) is 19.8 Å². The Labute approximate surface area is 179 Å². The van der Waals surface area contributed by atoms with Gasteiger partial charge in [-0.3, -0.25) is 4.79 Å². The summed E-state index contributed by atoms with van der Waals surface area (Å²) in [5.74, 6) is 1.44. The van der Waals surface area contributed by atoms with Crippen molar-refractivity contribution in [3.05, 3.63) is 29.6 Å². The van der Waals surface area contributed by atoms with Gasteiger partial charge in [0.15, 0.2) is 0 Å². The number of carbonyl (C=O) groups excluding carboxylic acids is 1. The summed E-state index contributed by atoms with van der Waals surface area (Å²) in [4.78, 5) is 19.4. The largest absolute Gasteiger partial charge is 0.389 e. The van der Waals surface area contributed by atoms with Crippen LogP contribution in [-0.2, 0) is 0 Å². The number of carbonyl (C=O) groups is 1. The molecule has 1 aliphatic heterocycles. The van der Waals surface area contributed by atoms with E-state index in [9.17, 15) is 9.90 Å². The monoisotopic (exact) mass is 412 g/mol. The van der Waals surface area contributed by atoms with Crippen LogP contribution in [0.5, 0.6) is 0 Å². The van der Waals surface area contributed by atoms with Crippen molar-refractivity contribution in [3.8, 4) is 0 Å². The minimum absolute atomic E-state index is 0.0473. The first-order valence-electron chi connectivity index (χ1n) is 11.6. The lowest BCUT2D eigenvalue weighted by Gasteiger charge is -2.43. The minimum atomic E-state index is -0.488. The quantitative estimate of drug-likeness (QED) is 0.786. The van der Waals surface area contributed by atoms with Crippen LogP contribution in [0.2, 0.25) is 0 Å². The fourth-order valence-electron chi connectivity index (χ4n) is 5.57. The molecule has 6 nitrogen and oxygen atoms in total. The van der Waals surface area contributed by atoms with Crippen LogP contribution in [0.1, 0.15) is 74.6 Å². The van der Waals surface area contributed by atoms with Gasteiger partial charge in [0.1, 0.15) is 5.82 Å². The minimum Gasteiger partial charge on any atom is -0.389 e. The molecular formula is C24H36N4O2. The summed E-state index contributed by atoms with van der Waals surface area (Å²) in [7, 11) is 0. The van der Waals surface area contributed by atoms with E-state index in [1.807, 2.05) is 25.1 Å². The number of β-amino-alcohol motifs (C(OH)–C–C–N with tert-alkyl or cyclic N) is 1. The van der Waals surface area contributed by atoms with Gasteiger partial charge in [0.25, 0.3) is 5.91 Å². The molecule has 0 unspecified atom stereocenters. The number of aliphatic hydroxyl groups is 1. The second-order valence-electron chi connectivity index (χ2n) is 9.45. The molecule has 0 bridgehead atoms. The zero-order chi connectivity index (χ0) is 21.3. The molecule has 30 heavy (non-hydrogen) atoms. The molecule has 2 fully saturated rings. The lowest BCUT2D eigenvalue weighted by atomic mass is 9.83. The number of likely N-dealkylation sites (tertiary alicyclic amines) is 1. The Morgan fingerprint density at radius 1 is 1.30 bits per heavy atom. The van der Waals surface area contributed by atoms with Gasteiger partial charge in [-0.25, -0.2) is 4.98 Å². The van der Waals surface area contributed by atoms with Crippen molar-refractivity contribution in [2.45, 2.75) is 70.9 Å². The lowest BCUT2D eigenvalue weighted by Crippen LogP contribution is -2.49. The smallest absolute Gasteiger partial charge is 0.251 e. The third kappa shape index (κ3) is 4.26. The molecule has 1 aromatic heterocycles. The standard InChI is InChI=1S/C24H36N4O2/c1-4-25-23(29)19-8-9-22-20(14-19)26-18(3)28(22)21-10-13-27(15-17(21)2)16-24(30)11-6-5-7-12-24/h8-9,14,17,21,30H,4-7,10-13,15-16H2,1-3H3,(H,25,29)/t17-,21-/m0/s1. The van der Waals surface area contributed by atoms with E-state index >= 15 is 0 Å². The van der Waals surface area contributed by atoms with Crippen molar-refractivity contribution < 1.29 is 9.90 Å². The number of hydrogen-bond acceptors (Lipinski definition) is 4. The number of aromatic nitrogens is 2. The summed E-state index contributed by atoms with van der Waals surface area (Å²) in [5.41, 5.74) is 2.18. The number of imidazole rings is 1. The number of benzene rings is 1. The zero-order valence-electron chi connectivity index (χ0n) is 18.7. The Hall–Kier alpha value is -1.92. The third-order valence-electron chi connectivity index (χ3n) is 7.04. The Morgan fingerprint density at radius 3 is 2.77 bits per heavy atom. The predicted molar refractivity (Wildman–Crippen MR) is 120 cm³/mol. The fraction of sp³-hybridized carbons (Fsp3) is 0.667. The topological polar surface area (TPSA) is 70.4 Å². The van der Waals surface area contributed by atoms with Gasteiger partial charge in [-0.1, -0.05) is 26.2 Å². The van der Waals surface area contributed by atoms with Crippen LogP contribution in [0.15, 0.2) is 18.2 Å². The van der Waals surface area contributed by atoms with E-state index in [1.54, 1.807) is 0 Å².